The van der Waals surface area contributed by atoms with Crippen molar-refractivity contribution >= 4 is 29.0 Å². The number of carbonyl (C=O) groups is 1. The number of carbonyl (C=O) groups excluding carboxylic acids is 1. The van der Waals surface area contributed by atoms with E-state index in [1.807, 2.05) is 19.1 Å². The first-order valence-corrected chi connectivity index (χ1v) is 6.69. The van der Waals surface area contributed by atoms with Gasteiger partial charge < -0.3 is 11.1 Å². The number of para-hydroxylation sites is 1. The second-order valence-electron chi connectivity index (χ2n) is 3.92. The molecule has 2 rings (SSSR count). The molecule has 5 nitrogen and oxygen atoms in total. The molecule has 0 unspecified atom stereocenters. The summed E-state index contributed by atoms with van der Waals surface area (Å²) in [6, 6.07) is 7.29. The normalized spacial score (nSPS) is 10.2. The fourth-order valence-electron chi connectivity index (χ4n) is 1.54. The summed E-state index contributed by atoms with van der Waals surface area (Å²) < 4.78 is 0. The maximum Gasteiger partial charge on any atom is 0.234 e. The van der Waals surface area contributed by atoms with Gasteiger partial charge in [-0.25, -0.2) is 9.97 Å². The van der Waals surface area contributed by atoms with E-state index in [1.165, 1.54) is 18.1 Å². The fraction of sp³-hybridized carbons (Fsp3) is 0.154. The highest BCUT2D eigenvalue weighted by Gasteiger charge is 2.08. The fourth-order valence-corrected chi connectivity index (χ4v) is 2.17. The van der Waals surface area contributed by atoms with Crippen molar-refractivity contribution in [3.63, 3.8) is 0 Å². The average molecular weight is 274 g/mol. The van der Waals surface area contributed by atoms with Crippen molar-refractivity contribution in [2.75, 3.05) is 16.8 Å². The minimum atomic E-state index is -0.107. The van der Waals surface area contributed by atoms with E-state index < -0.39 is 0 Å². The molecular formula is C13H14N4OS. The zero-order valence-corrected chi connectivity index (χ0v) is 11.3. The van der Waals surface area contributed by atoms with Crippen molar-refractivity contribution in [2.24, 2.45) is 0 Å². The average Bonchev–Trinajstić information content (AvgIpc) is 2.42. The monoisotopic (exact) mass is 274 g/mol. The number of hydrogen-bond acceptors (Lipinski definition) is 5. The standard InChI is InChI=1S/C13H14N4OS/c1-9-3-2-4-10(14)13(9)17-11(18)7-19-12-5-6-15-8-16-12/h2-6,8H,7,14H2,1H3,(H,17,18). The van der Waals surface area contributed by atoms with E-state index >= 15 is 0 Å². The van der Waals surface area contributed by atoms with E-state index in [0.29, 0.717) is 11.4 Å². The lowest BCUT2D eigenvalue weighted by atomic mass is 10.1. The lowest BCUT2D eigenvalue weighted by Crippen LogP contribution is -2.16. The van der Waals surface area contributed by atoms with E-state index in [-0.39, 0.29) is 11.7 Å². The summed E-state index contributed by atoms with van der Waals surface area (Å²) in [5.41, 5.74) is 8.03. The molecular weight excluding hydrogens is 260 g/mol. The van der Waals surface area contributed by atoms with Crippen LogP contribution in [-0.2, 0) is 4.79 Å². The molecule has 19 heavy (non-hydrogen) atoms. The molecule has 1 aromatic heterocycles. The van der Waals surface area contributed by atoms with Crippen LogP contribution >= 0.6 is 11.8 Å². The van der Waals surface area contributed by atoms with E-state index in [0.717, 1.165) is 10.6 Å². The molecule has 1 amide bonds. The third-order valence-corrected chi connectivity index (χ3v) is 3.42. The van der Waals surface area contributed by atoms with Crippen LogP contribution in [0.3, 0.4) is 0 Å². The van der Waals surface area contributed by atoms with Crippen LogP contribution in [0.15, 0.2) is 41.8 Å². The Balaban J connectivity index is 1.95. The Labute approximate surface area is 115 Å². The summed E-state index contributed by atoms with van der Waals surface area (Å²) in [6.45, 7) is 1.91. The maximum absolute atomic E-state index is 11.9. The molecule has 0 spiro atoms. The van der Waals surface area contributed by atoms with Gasteiger partial charge in [-0.3, -0.25) is 4.79 Å². The highest BCUT2D eigenvalue weighted by molar-refractivity contribution is 7.99. The molecule has 0 atom stereocenters. The van der Waals surface area contributed by atoms with Crippen LogP contribution in [0.4, 0.5) is 11.4 Å². The van der Waals surface area contributed by atoms with Gasteiger partial charge in [0.05, 0.1) is 22.2 Å². The molecule has 3 N–H and O–H groups in total. The van der Waals surface area contributed by atoms with Gasteiger partial charge in [0.15, 0.2) is 0 Å². The quantitative estimate of drug-likeness (QED) is 0.507. The van der Waals surface area contributed by atoms with Crippen molar-refractivity contribution in [1.29, 1.82) is 0 Å². The van der Waals surface area contributed by atoms with Gasteiger partial charge >= 0.3 is 0 Å². The second-order valence-corrected chi connectivity index (χ2v) is 4.92. The first kappa shape index (κ1) is 13.4. The summed E-state index contributed by atoms with van der Waals surface area (Å²) in [7, 11) is 0. The molecule has 98 valence electrons. The highest BCUT2D eigenvalue weighted by Crippen LogP contribution is 2.23. The summed E-state index contributed by atoms with van der Waals surface area (Å²) in [5.74, 6) is 0.176. The minimum absolute atomic E-state index is 0.107. The van der Waals surface area contributed by atoms with Gasteiger partial charge in [0.1, 0.15) is 6.33 Å². The minimum Gasteiger partial charge on any atom is -0.397 e. The second kappa shape index (κ2) is 6.19. The van der Waals surface area contributed by atoms with E-state index in [9.17, 15) is 4.79 Å². The lowest BCUT2D eigenvalue weighted by molar-refractivity contribution is -0.113. The molecule has 0 radical (unpaired) electrons. The Morgan fingerprint density at radius 1 is 1.42 bits per heavy atom. The maximum atomic E-state index is 11.9. The van der Waals surface area contributed by atoms with Crippen LogP contribution < -0.4 is 11.1 Å². The number of aromatic nitrogens is 2. The van der Waals surface area contributed by atoms with Crippen molar-refractivity contribution in [3.8, 4) is 0 Å². The van der Waals surface area contributed by atoms with Crippen molar-refractivity contribution in [3.05, 3.63) is 42.4 Å². The topological polar surface area (TPSA) is 80.9 Å². The van der Waals surface area contributed by atoms with Crippen LogP contribution in [0.2, 0.25) is 0 Å². The van der Waals surface area contributed by atoms with Gasteiger partial charge in [-0.2, -0.15) is 0 Å². The number of benzene rings is 1. The number of nitrogens with zero attached hydrogens (tertiary/aromatic N) is 2. The number of nitrogen functional groups attached to an aromatic ring is 1. The van der Waals surface area contributed by atoms with Crippen molar-refractivity contribution in [2.45, 2.75) is 11.9 Å². The number of amides is 1. The third kappa shape index (κ3) is 3.69. The first-order valence-electron chi connectivity index (χ1n) is 5.70. The molecule has 6 heteroatoms. The predicted octanol–water partition coefficient (Wildman–Crippen LogP) is 2.10. The van der Waals surface area contributed by atoms with E-state index in [2.05, 4.69) is 15.3 Å². The smallest absolute Gasteiger partial charge is 0.234 e. The Kier molecular flexibility index (Phi) is 4.35. The lowest BCUT2D eigenvalue weighted by Gasteiger charge is -2.10. The third-order valence-electron chi connectivity index (χ3n) is 2.48. The molecule has 0 bridgehead atoms. The summed E-state index contributed by atoms with van der Waals surface area (Å²) >= 11 is 1.36. The zero-order chi connectivity index (χ0) is 13.7. The molecule has 0 saturated heterocycles. The van der Waals surface area contributed by atoms with Crippen LogP contribution in [0, 0.1) is 6.92 Å². The molecule has 1 heterocycles. The number of nitrogens with two attached hydrogens (primary N) is 1. The van der Waals surface area contributed by atoms with Gasteiger partial charge in [-0.05, 0) is 24.6 Å². The van der Waals surface area contributed by atoms with Crippen LogP contribution in [0.5, 0.6) is 0 Å². The molecule has 0 aliphatic rings. The van der Waals surface area contributed by atoms with Crippen LogP contribution in [-0.4, -0.2) is 21.6 Å². The number of nitrogens with one attached hydrogen (secondary N) is 1. The van der Waals surface area contributed by atoms with Crippen molar-refractivity contribution < 1.29 is 4.79 Å². The Morgan fingerprint density at radius 2 is 2.26 bits per heavy atom. The van der Waals surface area contributed by atoms with Gasteiger partial charge in [0.25, 0.3) is 0 Å². The molecule has 0 saturated carbocycles. The largest absolute Gasteiger partial charge is 0.397 e. The SMILES string of the molecule is Cc1cccc(N)c1NC(=O)CSc1ccncn1. The molecule has 0 fully saturated rings. The summed E-state index contributed by atoms with van der Waals surface area (Å²) in [4.78, 5) is 19.7. The molecule has 0 aliphatic carbocycles. The summed E-state index contributed by atoms with van der Waals surface area (Å²) in [5, 5.41) is 3.59. The number of aryl methyl sites for hydroxylation is 1. The number of anilines is 2. The Bertz CT molecular complexity index is 554. The van der Waals surface area contributed by atoms with Crippen LogP contribution in [0.1, 0.15) is 5.56 Å². The van der Waals surface area contributed by atoms with Gasteiger partial charge in [0, 0.05) is 6.20 Å². The number of thioether (sulfide) groups is 1. The van der Waals surface area contributed by atoms with Gasteiger partial charge in [-0.1, -0.05) is 23.9 Å². The van der Waals surface area contributed by atoms with Gasteiger partial charge in [0.2, 0.25) is 5.91 Å². The van der Waals surface area contributed by atoms with E-state index in [4.69, 9.17) is 5.73 Å². The predicted molar refractivity (Wildman–Crippen MR) is 77.0 cm³/mol. The highest BCUT2D eigenvalue weighted by atomic mass is 32.2. The van der Waals surface area contributed by atoms with Crippen molar-refractivity contribution in [1.82, 2.24) is 9.97 Å². The number of rotatable bonds is 4. The van der Waals surface area contributed by atoms with Gasteiger partial charge in [-0.15, -0.1) is 0 Å². The number of hydrogen-bond donors (Lipinski definition) is 2. The zero-order valence-electron chi connectivity index (χ0n) is 10.5. The molecule has 0 aliphatic heterocycles. The van der Waals surface area contributed by atoms with Crippen LogP contribution in [0.25, 0.3) is 0 Å². The molecule has 1 aromatic carbocycles. The Hall–Kier alpha value is -2.08. The Morgan fingerprint density at radius 3 is 2.95 bits per heavy atom. The van der Waals surface area contributed by atoms with E-state index in [1.54, 1.807) is 18.3 Å². The molecule has 2 aromatic rings. The first-order chi connectivity index (χ1) is 9.16. The summed E-state index contributed by atoms with van der Waals surface area (Å²) in [6.07, 6.45) is 3.10.